The highest BCUT2D eigenvalue weighted by Gasteiger charge is 2.03. The molecule has 0 atom stereocenters. The molecule has 2 aromatic rings. The standard InChI is InChI=1S/C13H13ClN4O2/c14-10-7-11(18-13(15)17-10)16-6-5-8-1-3-9(4-2-8)12(19)20/h1-4,7H,5-6H2,(H,19,20)(H3,15,16,17,18). The Hall–Kier alpha value is -2.34. The van der Waals surface area contributed by atoms with Gasteiger partial charge in [0, 0.05) is 12.6 Å². The highest BCUT2D eigenvalue weighted by molar-refractivity contribution is 6.29. The summed E-state index contributed by atoms with van der Waals surface area (Å²) in [6.45, 7) is 0.624. The maximum atomic E-state index is 10.7. The summed E-state index contributed by atoms with van der Waals surface area (Å²) in [5.41, 5.74) is 6.78. The number of nitrogens with two attached hydrogens (primary N) is 1. The van der Waals surface area contributed by atoms with Gasteiger partial charge in [0.1, 0.15) is 11.0 Å². The van der Waals surface area contributed by atoms with E-state index < -0.39 is 5.97 Å². The number of aromatic carboxylic acids is 1. The molecule has 1 aromatic heterocycles. The SMILES string of the molecule is Nc1nc(Cl)cc(NCCc2ccc(C(=O)O)cc2)n1. The van der Waals surface area contributed by atoms with Crippen LogP contribution in [-0.2, 0) is 6.42 Å². The topological polar surface area (TPSA) is 101 Å². The molecule has 6 nitrogen and oxygen atoms in total. The fraction of sp³-hybridized carbons (Fsp3) is 0.154. The van der Waals surface area contributed by atoms with Crippen LogP contribution in [0.4, 0.5) is 11.8 Å². The number of hydrogen-bond donors (Lipinski definition) is 3. The van der Waals surface area contributed by atoms with Crippen LogP contribution in [0.25, 0.3) is 0 Å². The normalized spacial score (nSPS) is 10.2. The van der Waals surface area contributed by atoms with Crippen molar-refractivity contribution in [2.75, 3.05) is 17.6 Å². The number of hydrogen-bond acceptors (Lipinski definition) is 5. The van der Waals surface area contributed by atoms with Gasteiger partial charge in [0.25, 0.3) is 0 Å². The predicted octanol–water partition coefficient (Wildman–Crippen LogP) is 2.06. The van der Waals surface area contributed by atoms with E-state index in [2.05, 4.69) is 15.3 Å². The minimum absolute atomic E-state index is 0.116. The van der Waals surface area contributed by atoms with Crippen LogP contribution in [0.1, 0.15) is 15.9 Å². The first-order valence-electron chi connectivity index (χ1n) is 5.91. The van der Waals surface area contributed by atoms with Crippen molar-refractivity contribution in [3.05, 3.63) is 46.6 Å². The van der Waals surface area contributed by atoms with Gasteiger partial charge in [0.2, 0.25) is 5.95 Å². The van der Waals surface area contributed by atoms with E-state index in [4.69, 9.17) is 22.4 Å². The molecule has 0 spiro atoms. The summed E-state index contributed by atoms with van der Waals surface area (Å²) in [6.07, 6.45) is 0.724. The molecule has 20 heavy (non-hydrogen) atoms. The van der Waals surface area contributed by atoms with E-state index in [1.807, 2.05) is 0 Å². The third-order valence-electron chi connectivity index (χ3n) is 2.63. The average molecular weight is 293 g/mol. The first kappa shape index (κ1) is 14.1. The monoisotopic (exact) mass is 292 g/mol. The lowest BCUT2D eigenvalue weighted by Gasteiger charge is -2.06. The molecule has 7 heteroatoms. The van der Waals surface area contributed by atoms with Crippen LogP contribution < -0.4 is 11.1 Å². The lowest BCUT2D eigenvalue weighted by atomic mass is 10.1. The minimum Gasteiger partial charge on any atom is -0.478 e. The Morgan fingerprint density at radius 3 is 2.60 bits per heavy atom. The lowest BCUT2D eigenvalue weighted by Crippen LogP contribution is -2.08. The highest BCUT2D eigenvalue weighted by atomic mass is 35.5. The van der Waals surface area contributed by atoms with Gasteiger partial charge in [-0.3, -0.25) is 0 Å². The summed E-state index contributed by atoms with van der Waals surface area (Å²) in [4.78, 5) is 18.5. The van der Waals surface area contributed by atoms with Crippen molar-refractivity contribution in [2.45, 2.75) is 6.42 Å². The third-order valence-corrected chi connectivity index (χ3v) is 2.83. The Labute approximate surface area is 120 Å². The highest BCUT2D eigenvalue weighted by Crippen LogP contribution is 2.12. The van der Waals surface area contributed by atoms with E-state index in [0.717, 1.165) is 12.0 Å². The van der Waals surface area contributed by atoms with E-state index >= 15 is 0 Å². The zero-order valence-corrected chi connectivity index (χ0v) is 11.3. The zero-order valence-electron chi connectivity index (χ0n) is 10.5. The molecule has 0 aliphatic carbocycles. The quantitative estimate of drug-likeness (QED) is 0.729. The Morgan fingerprint density at radius 2 is 2.00 bits per heavy atom. The number of nitrogens with one attached hydrogen (secondary N) is 1. The van der Waals surface area contributed by atoms with Gasteiger partial charge in [0.05, 0.1) is 5.56 Å². The van der Waals surface area contributed by atoms with Crippen molar-refractivity contribution in [3.8, 4) is 0 Å². The van der Waals surface area contributed by atoms with Crippen LogP contribution in [0, 0.1) is 0 Å². The number of carboxylic acid groups (broad SMARTS) is 1. The second kappa shape index (κ2) is 6.21. The smallest absolute Gasteiger partial charge is 0.335 e. The third kappa shape index (κ3) is 3.83. The number of carboxylic acids is 1. The van der Waals surface area contributed by atoms with Gasteiger partial charge in [-0.1, -0.05) is 23.7 Å². The molecule has 0 saturated carbocycles. The molecule has 0 saturated heterocycles. The van der Waals surface area contributed by atoms with E-state index in [9.17, 15) is 4.79 Å². The molecule has 1 aromatic carbocycles. The number of aromatic nitrogens is 2. The van der Waals surface area contributed by atoms with Gasteiger partial charge in [0.15, 0.2) is 0 Å². The van der Waals surface area contributed by atoms with Crippen molar-refractivity contribution in [3.63, 3.8) is 0 Å². The van der Waals surface area contributed by atoms with E-state index in [1.165, 1.54) is 0 Å². The van der Waals surface area contributed by atoms with Gasteiger partial charge in [-0.05, 0) is 24.1 Å². The van der Waals surface area contributed by atoms with Crippen molar-refractivity contribution in [1.82, 2.24) is 9.97 Å². The van der Waals surface area contributed by atoms with Crippen molar-refractivity contribution >= 4 is 29.3 Å². The molecular weight excluding hydrogens is 280 g/mol. The van der Waals surface area contributed by atoms with Gasteiger partial charge >= 0.3 is 5.97 Å². The summed E-state index contributed by atoms with van der Waals surface area (Å²) in [5.74, 6) is -0.253. The molecule has 0 aliphatic heterocycles. The molecule has 0 amide bonds. The number of halogens is 1. The van der Waals surface area contributed by atoms with Crippen LogP contribution in [0.15, 0.2) is 30.3 Å². The van der Waals surface area contributed by atoms with E-state index in [1.54, 1.807) is 30.3 Å². The van der Waals surface area contributed by atoms with Crippen LogP contribution in [0.3, 0.4) is 0 Å². The number of nitrogen functional groups attached to an aromatic ring is 1. The second-order valence-corrected chi connectivity index (χ2v) is 4.50. The second-order valence-electron chi connectivity index (χ2n) is 4.11. The number of carbonyl (C=O) groups is 1. The number of benzene rings is 1. The molecule has 0 bridgehead atoms. The maximum absolute atomic E-state index is 10.7. The molecule has 1 heterocycles. The lowest BCUT2D eigenvalue weighted by molar-refractivity contribution is 0.0697. The van der Waals surface area contributed by atoms with Crippen molar-refractivity contribution < 1.29 is 9.90 Å². The average Bonchev–Trinajstić information content (AvgIpc) is 2.38. The van der Waals surface area contributed by atoms with Gasteiger partial charge < -0.3 is 16.2 Å². The Bertz CT molecular complexity index is 596. The van der Waals surface area contributed by atoms with E-state index in [0.29, 0.717) is 12.4 Å². The molecule has 0 radical (unpaired) electrons. The molecule has 0 fully saturated rings. The molecule has 104 valence electrons. The Balaban J connectivity index is 1.90. The van der Waals surface area contributed by atoms with Gasteiger partial charge in [-0.25, -0.2) is 9.78 Å². The van der Waals surface area contributed by atoms with Crippen molar-refractivity contribution in [2.24, 2.45) is 0 Å². The summed E-state index contributed by atoms with van der Waals surface area (Å²) >= 11 is 5.77. The van der Waals surface area contributed by atoms with Crippen LogP contribution in [0.5, 0.6) is 0 Å². The maximum Gasteiger partial charge on any atom is 0.335 e. The first-order valence-corrected chi connectivity index (χ1v) is 6.28. The summed E-state index contributed by atoms with van der Waals surface area (Å²) in [5, 5.41) is 12.2. The number of rotatable bonds is 5. The Morgan fingerprint density at radius 1 is 1.30 bits per heavy atom. The molecule has 2 rings (SSSR count). The van der Waals surface area contributed by atoms with Crippen molar-refractivity contribution in [1.29, 1.82) is 0 Å². The first-order chi connectivity index (χ1) is 9.54. The number of anilines is 2. The fourth-order valence-electron chi connectivity index (χ4n) is 1.67. The van der Waals surface area contributed by atoms with Crippen LogP contribution >= 0.6 is 11.6 Å². The largest absolute Gasteiger partial charge is 0.478 e. The Kier molecular flexibility index (Phi) is 4.37. The minimum atomic E-state index is -0.930. The van der Waals surface area contributed by atoms with Crippen LogP contribution in [0.2, 0.25) is 5.15 Å². The summed E-state index contributed by atoms with van der Waals surface area (Å²) in [7, 11) is 0. The molecule has 0 unspecified atom stereocenters. The number of nitrogens with zero attached hydrogens (tertiary/aromatic N) is 2. The van der Waals surface area contributed by atoms with Gasteiger partial charge in [-0.15, -0.1) is 0 Å². The fourth-order valence-corrected chi connectivity index (χ4v) is 1.86. The van der Waals surface area contributed by atoms with E-state index in [-0.39, 0.29) is 16.7 Å². The molecule has 0 aliphatic rings. The molecule has 4 N–H and O–H groups in total. The zero-order chi connectivity index (χ0) is 14.5. The predicted molar refractivity (Wildman–Crippen MR) is 77.0 cm³/mol. The summed E-state index contributed by atoms with van der Waals surface area (Å²) < 4.78 is 0. The summed E-state index contributed by atoms with van der Waals surface area (Å²) in [6, 6.07) is 8.32. The van der Waals surface area contributed by atoms with Gasteiger partial charge in [-0.2, -0.15) is 4.98 Å². The van der Waals surface area contributed by atoms with Crippen LogP contribution in [-0.4, -0.2) is 27.6 Å². The molecular formula is C13H13ClN4O2.